The van der Waals surface area contributed by atoms with Crippen molar-refractivity contribution < 1.29 is 42.1 Å². The van der Waals surface area contributed by atoms with Gasteiger partial charge in [-0.05, 0) is 31.4 Å². The molecule has 2 atom stereocenters. The highest BCUT2D eigenvalue weighted by Crippen LogP contribution is 2.30. The van der Waals surface area contributed by atoms with Crippen LogP contribution in [0.25, 0.3) is 0 Å². The first-order valence-electron chi connectivity index (χ1n) is 11.2. The number of Topliss-reactive ketones (excluding diaryl/α,β-unsaturated/α-hetero) is 1. The molecular formula is C24H24F2N2O8. The van der Waals surface area contributed by atoms with Gasteiger partial charge in [-0.25, -0.2) is 13.6 Å². The highest BCUT2D eigenvalue weighted by molar-refractivity contribution is 6.00. The third kappa shape index (κ3) is 4.94. The largest absolute Gasteiger partial charge is 0.510 e. The molecule has 3 heterocycles. The van der Waals surface area contributed by atoms with Crippen LogP contribution in [0.1, 0.15) is 46.2 Å². The van der Waals surface area contributed by atoms with Gasteiger partial charge >= 0.3 is 6.16 Å². The van der Waals surface area contributed by atoms with Crippen LogP contribution in [0.15, 0.2) is 29.2 Å². The molecule has 1 fully saturated rings. The first-order chi connectivity index (χ1) is 17.2. The summed E-state index contributed by atoms with van der Waals surface area (Å²) >= 11 is 0. The van der Waals surface area contributed by atoms with Crippen LogP contribution in [0.5, 0.6) is 5.75 Å². The summed E-state index contributed by atoms with van der Waals surface area (Å²) in [5.41, 5.74) is -1.17. The number of aromatic nitrogens is 1. The third-order valence-corrected chi connectivity index (χ3v) is 6.14. The highest BCUT2D eigenvalue weighted by Gasteiger charge is 2.41. The number of ketones is 1. The van der Waals surface area contributed by atoms with Crippen molar-refractivity contribution in [1.29, 1.82) is 0 Å². The number of hydrogen-bond donors (Lipinski definition) is 0. The van der Waals surface area contributed by atoms with Crippen molar-refractivity contribution in [3.63, 3.8) is 0 Å². The Morgan fingerprint density at radius 2 is 2.00 bits per heavy atom. The number of amides is 1. The van der Waals surface area contributed by atoms with E-state index in [0.29, 0.717) is 19.1 Å². The van der Waals surface area contributed by atoms with Crippen molar-refractivity contribution in [2.24, 2.45) is 0 Å². The molecule has 0 saturated carbocycles. The van der Waals surface area contributed by atoms with Crippen molar-refractivity contribution >= 4 is 17.8 Å². The zero-order valence-electron chi connectivity index (χ0n) is 19.6. The molecule has 36 heavy (non-hydrogen) atoms. The van der Waals surface area contributed by atoms with E-state index < -0.39 is 53.7 Å². The number of hydrogen-bond acceptors (Lipinski definition) is 8. The second-order valence-corrected chi connectivity index (χ2v) is 8.40. The Kier molecular flexibility index (Phi) is 7.34. The van der Waals surface area contributed by atoms with Gasteiger partial charge in [-0.3, -0.25) is 14.4 Å². The molecule has 12 heteroatoms. The maximum atomic E-state index is 14.0. The van der Waals surface area contributed by atoms with Gasteiger partial charge in [0.25, 0.3) is 5.91 Å². The molecule has 0 bridgehead atoms. The standard InChI is InChI=1S/C24H24F2N2O8/c1-13-7-8-34-19-11-27-10-16(18(29)6-4-14-3-5-15(25)9-17(14)26)21(30)22(20(27)23(31)28(13)19)35-12-36-24(32)33-2/h3,5,9-10,13,19H,4,6-8,11-12H2,1-2H3/t13-,19+/m1/s1. The molecule has 2 aromatic rings. The maximum Gasteiger partial charge on any atom is 0.510 e. The molecule has 0 N–H and O–H groups in total. The van der Waals surface area contributed by atoms with Gasteiger partial charge in [-0.2, -0.15) is 0 Å². The third-order valence-electron chi connectivity index (χ3n) is 6.14. The molecule has 0 unspecified atom stereocenters. The number of carbonyl (C=O) groups excluding carboxylic acids is 3. The van der Waals surface area contributed by atoms with Crippen molar-refractivity contribution in [1.82, 2.24) is 9.47 Å². The molecule has 0 aliphatic carbocycles. The average molecular weight is 506 g/mol. The summed E-state index contributed by atoms with van der Waals surface area (Å²) in [6.45, 7) is 1.69. The number of rotatable bonds is 7. The molecule has 1 amide bonds. The number of nitrogens with zero attached hydrogens (tertiary/aromatic N) is 2. The number of halogens is 2. The normalized spacial score (nSPS) is 18.8. The zero-order valence-corrected chi connectivity index (χ0v) is 19.6. The van der Waals surface area contributed by atoms with Crippen LogP contribution in [-0.2, 0) is 27.2 Å². The summed E-state index contributed by atoms with van der Waals surface area (Å²) in [6.07, 6.45) is -0.151. The molecule has 1 aromatic carbocycles. The molecule has 0 spiro atoms. The summed E-state index contributed by atoms with van der Waals surface area (Å²) < 4.78 is 48.7. The lowest BCUT2D eigenvalue weighted by atomic mass is 10.0. The Morgan fingerprint density at radius 1 is 1.22 bits per heavy atom. The van der Waals surface area contributed by atoms with Gasteiger partial charge in [0.05, 0.1) is 25.8 Å². The molecule has 0 radical (unpaired) electrons. The lowest BCUT2D eigenvalue weighted by Gasteiger charge is -2.44. The highest BCUT2D eigenvalue weighted by atomic mass is 19.1. The summed E-state index contributed by atoms with van der Waals surface area (Å²) in [5, 5.41) is 0. The van der Waals surface area contributed by atoms with Crippen LogP contribution in [0, 0.1) is 11.6 Å². The Morgan fingerprint density at radius 3 is 2.72 bits per heavy atom. The van der Waals surface area contributed by atoms with Gasteiger partial charge < -0.3 is 28.4 Å². The fraction of sp³-hybridized carbons (Fsp3) is 0.417. The van der Waals surface area contributed by atoms with Crippen molar-refractivity contribution in [3.8, 4) is 5.75 Å². The van der Waals surface area contributed by atoms with Crippen LogP contribution >= 0.6 is 0 Å². The van der Waals surface area contributed by atoms with Gasteiger partial charge in [0, 0.05) is 24.7 Å². The van der Waals surface area contributed by atoms with Gasteiger partial charge in [0.2, 0.25) is 18.0 Å². The van der Waals surface area contributed by atoms with Gasteiger partial charge in [-0.15, -0.1) is 0 Å². The Labute approximate surface area is 204 Å². The van der Waals surface area contributed by atoms with E-state index in [4.69, 9.17) is 14.2 Å². The number of ether oxygens (including phenoxy) is 4. The van der Waals surface area contributed by atoms with Crippen molar-refractivity contribution in [2.45, 2.75) is 45.0 Å². The Bertz CT molecular complexity index is 1260. The van der Waals surface area contributed by atoms with Crippen LogP contribution in [-0.4, -0.2) is 60.1 Å². The topological polar surface area (TPSA) is 113 Å². The van der Waals surface area contributed by atoms with Crippen LogP contribution in [0.2, 0.25) is 0 Å². The van der Waals surface area contributed by atoms with E-state index in [1.165, 1.54) is 21.7 Å². The molecule has 4 rings (SSSR count). The first kappa shape index (κ1) is 25.3. The second kappa shape index (κ2) is 10.4. The quantitative estimate of drug-likeness (QED) is 0.320. The van der Waals surface area contributed by atoms with E-state index in [0.717, 1.165) is 13.2 Å². The maximum absolute atomic E-state index is 14.0. The van der Waals surface area contributed by atoms with Crippen LogP contribution in [0.3, 0.4) is 0 Å². The van der Waals surface area contributed by atoms with E-state index in [1.54, 1.807) is 0 Å². The van der Waals surface area contributed by atoms with E-state index in [1.807, 2.05) is 6.92 Å². The molecule has 10 nitrogen and oxygen atoms in total. The van der Waals surface area contributed by atoms with E-state index in [-0.39, 0.29) is 42.2 Å². The van der Waals surface area contributed by atoms with Gasteiger partial charge in [0.15, 0.2) is 17.7 Å². The number of pyridine rings is 1. The molecule has 2 aliphatic rings. The van der Waals surface area contributed by atoms with Gasteiger partial charge in [0.1, 0.15) is 11.6 Å². The van der Waals surface area contributed by atoms with Crippen LogP contribution < -0.4 is 10.2 Å². The fourth-order valence-corrected chi connectivity index (χ4v) is 4.28. The molecule has 1 saturated heterocycles. The summed E-state index contributed by atoms with van der Waals surface area (Å²) in [5.74, 6) is -3.17. The Hall–Kier alpha value is -3.80. The summed E-state index contributed by atoms with van der Waals surface area (Å²) in [7, 11) is 1.09. The predicted molar refractivity (Wildman–Crippen MR) is 119 cm³/mol. The lowest BCUT2D eigenvalue weighted by Crippen LogP contribution is -2.57. The van der Waals surface area contributed by atoms with E-state index in [2.05, 4.69) is 4.74 Å². The lowest BCUT2D eigenvalue weighted by molar-refractivity contribution is -0.112. The zero-order chi connectivity index (χ0) is 26.0. The monoisotopic (exact) mass is 506 g/mol. The smallest absolute Gasteiger partial charge is 0.451 e. The predicted octanol–water partition coefficient (Wildman–Crippen LogP) is 2.65. The fourth-order valence-electron chi connectivity index (χ4n) is 4.28. The van der Waals surface area contributed by atoms with Crippen LogP contribution in [0.4, 0.5) is 13.6 Å². The number of methoxy groups -OCH3 is 1. The number of fused-ring (bicyclic) bond motifs is 2. The average Bonchev–Trinajstić information content (AvgIpc) is 2.84. The summed E-state index contributed by atoms with van der Waals surface area (Å²) in [4.78, 5) is 52.5. The minimum Gasteiger partial charge on any atom is -0.451 e. The molecule has 1 aromatic heterocycles. The minimum atomic E-state index is -1.07. The number of aryl methyl sites for hydroxylation is 1. The number of benzene rings is 1. The Balaban J connectivity index is 1.68. The van der Waals surface area contributed by atoms with Crippen molar-refractivity contribution in [3.05, 3.63) is 63.1 Å². The summed E-state index contributed by atoms with van der Waals surface area (Å²) in [6, 6.07) is 2.85. The molecule has 2 aliphatic heterocycles. The molecule has 192 valence electrons. The van der Waals surface area contributed by atoms with E-state index in [9.17, 15) is 28.0 Å². The van der Waals surface area contributed by atoms with Crippen molar-refractivity contribution in [2.75, 3.05) is 20.5 Å². The number of carbonyl (C=O) groups is 3. The van der Waals surface area contributed by atoms with Gasteiger partial charge in [-0.1, -0.05) is 6.07 Å². The minimum absolute atomic E-state index is 0.0796. The SMILES string of the molecule is COC(=O)OCOc1c2n(cc(C(=O)CCc3ccc(F)cc3F)c1=O)C[C@@H]1OCC[C@@H](C)N1C2=O. The molecular weight excluding hydrogens is 482 g/mol. The second-order valence-electron chi connectivity index (χ2n) is 8.40. The van der Waals surface area contributed by atoms with E-state index >= 15 is 0 Å². The first-order valence-corrected chi connectivity index (χ1v) is 11.2.